The zero-order valence-electron chi connectivity index (χ0n) is 12.9. The van der Waals surface area contributed by atoms with Crippen LogP contribution in [0.25, 0.3) is 0 Å². The molecule has 24 heavy (non-hydrogen) atoms. The predicted molar refractivity (Wildman–Crippen MR) is 79.2 cm³/mol. The summed E-state index contributed by atoms with van der Waals surface area (Å²) in [7, 11) is 0. The summed E-state index contributed by atoms with van der Waals surface area (Å²) in [6.45, 7) is 1.57. The first kappa shape index (κ1) is 18.0. The summed E-state index contributed by atoms with van der Waals surface area (Å²) in [5.41, 5.74) is -1.20. The molecule has 0 spiro atoms. The first-order chi connectivity index (χ1) is 11.3. The van der Waals surface area contributed by atoms with E-state index in [9.17, 15) is 23.1 Å². The molecule has 5 nitrogen and oxygen atoms in total. The number of halogens is 3. The molecule has 1 heterocycles. The number of hydrogen-bond donors (Lipinski definition) is 2. The number of hydrogen-bond acceptors (Lipinski definition) is 4. The van der Waals surface area contributed by atoms with Crippen LogP contribution in [-0.4, -0.2) is 22.7 Å². The molecule has 0 radical (unpaired) electrons. The Bertz CT molecular complexity index is 698. The summed E-state index contributed by atoms with van der Waals surface area (Å²) in [5.74, 6) is -0.0738. The van der Waals surface area contributed by atoms with Crippen LogP contribution in [0.15, 0.2) is 34.9 Å². The third-order valence-electron chi connectivity index (χ3n) is 3.37. The van der Waals surface area contributed by atoms with Gasteiger partial charge in [-0.05, 0) is 18.1 Å². The van der Waals surface area contributed by atoms with E-state index in [0.29, 0.717) is 12.2 Å². The van der Waals surface area contributed by atoms with Gasteiger partial charge in [-0.15, -0.1) is 0 Å². The summed E-state index contributed by atoms with van der Waals surface area (Å²) in [6, 6.07) is 6.16. The van der Waals surface area contributed by atoms with Crippen molar-refractivity contribution >= 4 is 5.91 Å². The van der Waals surface area contributed by atoms with Gasteiger partial charge in [-0.3, -0.25) is 4.79 Å². The fourth-order valence-electron chi connectivity index (χ4n) is 2.22. The summed E-state index contributed by atoms with van der Waals surface area (Å²) >= 11 is 0. The van der Waals surface area contributed by atoms with Crippen LogP contribution in [0.5, 0.6) is 0 Å². The first-order valence-electron chi connectivity index (χ1n) is 7.41. The van der Waals surface area contributed by atoms with Crippen molar-refractivity contribution in [2.45, 2.75) is 32.0 Å². The molecule has 1 aromatic carbocycles. The van der Waals surface area contributed by atoms with E-state index in [2.05, 4.69) is 10.5 Å². The lowest BCUT2D eigenvalue weighted by Gasteiger charge is -2.17. The van der Waals surface area contributed by atoms with Gasteiger partial charge < -0.3 is 14.9 Å². The fourth-order valence-corrected chi connectivity index (χ4v) is 2.22. The smallest absolute Gasteiger partial charge is 0.387 e. The van der Waals surface area contributed by atoms with Crippen LogP contribution in [0.4, 0.5) is 13.2 Å². The highest BCUT2D eigenvalue weighted by molar-refractivity contribution is 5.92. The third-order valence-corrected chi connectivity index (χ3v) is 3.37. The molecule has 1 aromatic heterocycles. The van der Waals surface area contributed by atoms with E-state index in [0.717, 1.165) is 12.5 Å². The van der Waals surface area contributed by atoms with E-state index in [4.69, 9.17) is 4.52 Å². The van der Waals surface area contributed by atoms with Gasteiger partial charge in [0.2, 0.25) is 0 Å². The molecular weight excluding hydrogens is 325 g/mol. The zero-order valence-corrected chi connectivity index (χ0v) is 12.9. The molecule has 8 heteroatoms. The number of amides is 1. The Kier molecular flexibility index (Phi) is 5.61. The maximum atomic E-state index is 12.9. The number of aliphatic hydroxyl groups excluding tert-OH is 1. The van der Waals surface area contributed by atoms with Crippen LogP contribution in [-0.2, 0) is 12.6 Å². The molecule has 0 aliphatic heterocycles. The Hall–Kier alpha value is -2.35. The Morgan fingerprint density at radius 1 is 1.38 bits per heavy atom. The van der Waals surface area contributed by atoms with Crippen molar-refractivity contribution in [3.63, 3.8) is 0 Å². The molecule has 130 valence electrons. The number of benzene rings is 1. The first-order valence-corrected chi connectivity index (χ1v) is 7.41. The third kappa shape index (κ3) is 4.35. The van der Waals surface area contributed by atoms with Crippen LogP contribution in [0.1, 0.15) is 46.8 Å². The number of alkyl halides is 3. The average Bonchev–Trinajstić information content (AvgIpc) is 3.00. The number of nitrogens with zero attached hydrogens (tertiary/aromatic N) is 1. The summed E-state index contributed by atoms with van der Waals surface area (Å²) in [5, 5.41) is 15.9. The standard InChI is InChI=1S/C16H17F3N2O3/c1-2-5-10-8-13(21-24-10)15(23)20-9-14(22)11-6-3-4-7-12(11)16(17,18)19/h3-4,6-8,14,22H,2,5,9H2,1H3,(H,20,23)/t14-/m1/s1. The number of carbonyl (C=O) groups excluding carboxylic acids is 1. The van der Waals surface area contributed by atoms with Crippen molar-refractivity contribution in [1.82, 2.24) is 10.5 Å². The summed E-state index contributed by atoms with van der Waals surface area (Å²) in [6.07, 6.45) is -4.62. The van der Waals surface area contributed by atoms with Gasteiger partial charge in [-0.1, -0.05) is 30.3 Å². The minimum atomic E-state index is -4.58. The number of aromatic nitrogens is 1. The lowest BCUT2D eigenvalue weighted by Crippen LogP contribution is -2.29. The van der Waals surface area contributed by atoms with Crippen molar-refractivity contribution in [1.29, 1.82) is 0 Å². The molecule has 0 saturated carbocycles. The quantitative estimate of drug-likeness (QED) is 0.846. The predicted octanol–water partition coefficient (Wildman–Crippen LogP) is 3.11. The topological polar surface area (TPSA) is 75.4 Å². The van der Waals surface area contributed by atoms with Gasteiger partial charge in [0.25, 0.3) is 5.91 Å². The van der Waals surface area contributed by atoms with Gasteiger partial charge in [0, 0.05) is 19.0 Å². The molecule has 0 aliphatic carbocycles. The van der Waals surface area contributed by atoms with Crippen LogP contribution < -0.4 is 5.32 Å². The maximum absolute atomic E-state index is 12.9. The van der Waals surface area contributed by atoms with Gasteiger partial charge in [0.1, 0.15) is 5.76 Å². The molecule has 2 rings (SSSR count). The van der Waals surface area contributed by atoms with Crippen molar-refractivity contribution in [2.75, 3.05) is 6.54 Å². The normalized spacial score (nSPS) is 12.9. The second kappa shape index (κ2) is 7.48. The Labute approximate surface area is 136 Å². The van der Waals surface area contributed by atoms with Crippen LogP contribution in [0, 0.1) is 0 Å². The molecule has 0 aliphatic rings. The molecule has 0 saturated heterocycles. The molecule has 2 aromatic rings. The number of aliphatic hydroxyl groups is 1. The minimum Gasteiger partial charge on any atom is -0.387 e. The number of carbonyl (C=O) groups is 1. The highest BCUT2D eigenvalue weighted by Crippen LogP contribution is 2.34. The Morgan fingerprint density at radius 2 is 2.08 bits per heavy atom. The molecule has 0 bridgehead atoms. The van der Waals surface area contributed by atoms with E-state index in [-0.39, 0.29) is 17.8 Å². The monoisotopic (exact) mass is 342 g/mol. The highest BCUT2D eigenvalue weighted by Gasteiger charge is 2.34. The second-order valence-corrected chi connectivity index (χ2v) is 5.24. The Morgan fingerprint density at radius 3 is 2.75 bits per heavy atom. The van der Waals surface area contributed by atoms with Gasteiger partial charge >= 0.3 is 6.18 Å². The van der Waals surface area contributed by atoms with E-state index >= 15 is 0 Å². The minimum absolute atomic E-state index is 0.0229. The van der Waals surface area contributed by atoms with E-state index in [1.165, 1.54) is 24.3 Å². The summed E-state index contributed by atoms with van der Waals surface area (Å²) in [4.78, 5) is 11.9. The SMILES string of the molecule is CCCc1cc(C(=O)NC[C@@H](O)c2ccccc2C(F)(F)F)no1. The van der Waals surface area contributed by atoms with Gasteiger partial charge in [0.15, 0.2) is 5.69 Å². The van der Waals surface area contributed by atoms with Crippen molar-refractivity contribution in [3.05, 3.63) is 52.9 Å². The summed E-state index contributed by atoms with van der Waals surface area (Å²) < 4.78 is 43.7. The highest BCUT2D eigenvalue weighted by atomic mass is 19.4. The lowest BCUT2D eigenvalue weighted by atomic mass is 10.0. The number of rotatable bonds is 6. The molecule has 2 N–H and O–H groups in total. The fraction of sp³-hybridized carbons (Fsp3) is 0.375. The van der Waals surface area contributed by atoms with Crippen molar-refractivity contribution in [2.24, 2.45) is 0 Å². The van der Waals surface area contributed by atoms with E-state index in [1.807, 2.05) is 6.92 Å². The zero-order chi connectivity index (χ0) is 17.7. The van der Waals surface area contributed by atoms with Crippen LogP contribution in [0.3, 0.4) is 0 Å². The molecule has 0 unspecified atom stereocenters. The molecule has 1 atom stereocenters. The van der Waals surface area contributed by atoms with Crippen LogP contribution in [0.2, 0.25) is 0 Å². The number of aryl methyl sites for hydroxylation is 1. The molecule has 1 amide bonds. The largest absolute Gasteiger partial charge is 0.416 e. The van der Waals surface area contributed by atoms with Crippen molar-refractivity contribution in [3.8, 4) is 0 Å². The molecule has 0 fully saturated rings. The van der Waals surface area contributed by atoms with Gasteiger partial charge in [0.05, 0.1) is 11.7 Å². The second-order valence-electron chi connectivity index (χ2n) is 5.24. The van der Waals surface area contributed by atoms with Crippen LogP contribution >= 0.6 is 0 Å². The lowest BCUT2D eigenvalue weighted by molar-refractivity contribution is -0.139. The van der Waals surface area contributed by atoms with Gasteiger partial charge in [-0.2, -0.15) is 13.2 Å². The average molecular weight is 342 g/mol. The van der Waals surface area contributed by atoms with Crippen molar-refractivity contribution < 1.29 is 27.6 Å². The molecular formula is C16H17F3N2O3. The van der Waals surface area contributed by atoms with Gasteiger partial charge in [-0.25, -0.2) is 0 Å². The van der Waals surface area contributed by atoms with E-state index < -0.39 is 23.8 Å². The maximum Gasteiger partial charge on any atom is 0.416 e. The number of nitrogens with one attached hydrogen (secondary N) is 1. The van der Waals surface area contributed by atoms with E-state index in [1.54, 1.807) is 0 Å². The Balaban J connectivity index is 2.02.